The van der Waals surface area contributed by atoms with Gasteiger partial charge in [-0.1, -0.05) is 6.07 Å². The highest BCUT2D eigenvalue weighted by atomic mass is 16.3. The molecule has 3 fully saturated rings. The van der Waals surface area contributed by atoms with Crippen molar-refractivity contribution in [1.29, 1.82) is 0 Å². The average Bonchev–Trinajstić information content (AvgIpc) is 2.91. The number of rotatable bonds is 2. The Bertz CT molecular complexity index is 473. The van der Waals surface area contributed by atoms with Crippen molar-refractivity contribution in [3.63, 3.8) is 0 Å². The third-order valence-electron chi connectivity index (χ3n) is 5.27. The van der Waals surface area contributed by atoms with Gasteiger partial charge in [0.15, 0.2) is 0 Å². The van der Waals surface area contributed by atoms with Crippen molar-refractivity contribution >= 4 is 0 Å². The summed E-state index contributed by atoms with van der Waals surface area (Å²) in [6, 6.07) is 2.64. The fourth-order valence-corrected chi connectivity index (χ4v) is 4.66. The minimum absolute atomic E-state index is 0.0773. The van der Waals surface area contributed by atoms with Gasteiger partial charge in [-0.2, -0.15) is 0 Å². The largest absolute Gasteiger partial charge is 0.391 e. The molecule has 0 amide bonds. The zero-order valence-electron chi connectivity index (χ0n) is 10.8. The van der Waals surface area contributed by atoms with Crippen LogP contribution in [0.2, 0.25) is 0 Å². The van der Waals surface area contributed by atoms with E-state index in [0.29, 0.717) is 12.0 Å². The Kier molecular flexibility index (Phi) is 2.30. The Morgan fingerprint density at radius 3 is 3.00 bits per heavy atom. The zero-order valence-corrected chi connectivity index (χ0v) is 10.8. The van der Waals surface area contributed by atoms with Crippen molar-refractivity contribution in [3.8, 4) is 0 Å². The maximum atomic E-state index is 10.4. The van der Waals surface area contributed by atoms with Crippen LogP contribution in [0.4, 0.5) is 0 Å². The van der Waals surface area contributed by atoms with Crippen LogP contribution < -0.4 is 0 Å². The number of hydrogen-bond acceptors (Lipinski definition) is 3. The van der Waals surface area contributed by atoms with Crippen LogP contribution >= 0.6 is 0 Å². The molecule has 18 heavy (non-hydrogen) atoms. The second kappa shape index (κ2) is 3.78. The first-order valence-corrected chi connectivity index (χ1v) is 7.05. The van der Waals surface area contributed by atoms with Gasteiger partial charge in [-0.25, -0.2) is 0 Å². The molecule has 3 nitrogen and oxygen atoms in total. The smallest absolute Gasteiger partial charge is 0.0726 e. The Morgan fingerprint density at radius 1 is 1.33 bits per heavy atom. The molecule has 2 heterocycles. The van der Waals surface area contributed by atoms with Crippen molar-refractivity contribution in [3.05, 3.63) is 29.6 Å². The van der Waals surface area contributed by atoms with E-state index in [4.69, 9.17) is 0 Å². The summed E-state index contributed by atoms with van der Waals surface area (Å²) >= 11 is 0. The average molecular weight is 244 g/mol. The lowest BCUT2D eigenvalue weighted by atomic mass is 9.88. The van der Waals surface area contributed by atoms with Crippen molar-refractivity contribution in [1.82, 2.24) is 9.88 Å². The van der Waals surface area contributed by atoms with Crippen LogP contribution in [0.3, 0.4) is 0 Å². The van der Waals surface area contributed by atoms with Crippen LogP contribution in [0.25, 0.3) is 0 Å². The lowest BCUT2D eigenvalue weighted by Gasteiger charge is -2.28. The van der Waals surface area contributed by atoms with E-state index in [-0.39, 0.29) is 6.10 Å². The molecule has 0 aromatic carbocycles. The molecular formula is C15H20N2O. The van der Waals surface area contributed by atoms with Crippen LogP contribution in [0.5, 0.6) is 0 Å². The normalized spacial score (nSPS) is 41.8. The van der Waals surface area contributed by atoms with Crippen LogP contribution in [0.15, 0.2) is 18.5 Å². The fourth-order valence-electron chi connectivity index (χ4n) is 4.66. The first-order valence-electron chi connectivity index (χ1n) is 7.05. The monoisotopic (exact) mass is 244 g/mol. The highest BCUT2D eigenvalue weighted by Gasteiger charge is 2.58. The molecule has 1 N–H and O–H groups in total. The van der Waals surface area contributed by atoms with Crippen molar-refractivity contribution in [2.45, 2.75) is 38.5 Å². The summed E-state index contributed by atoms with van der Waals surface area (Å²) < 4.78 is 0. The summed E-state index contributed by atoms with van der Waals surface area (Å²) in [6.07, 6.45) is 6.31. The molecular weight excluding hydrogens is 224 g/mol. The minimum atomic E-state index is -0.0773. The zero-order chi connectivity index (χ0) is 12.3. The molecule has 5 atom stereocenters. The number of pyridine rings is 1. The molecule has 1 aliphatic heterocycles. The van der Waals surface area contributed by atoms with Gasteiger partial charge in [0.2, 0.25) is 0 Å². The Balaban J connectivity index is 1.57. The molecule has 0 radical (unpaired) electrons. The van der Waals surface area contributed by atoms with Crippen molar-refractivity contribution in [2.24, 2.45) is 17.8 Å². The van der Waals surface area contributed by atoms with Crippen LogP contribution in [0.1, 0.15) is 24.0 Å². The molecule has 1 aromatic heterocycles. The number of aliphatic hydroxyl groups is 1. The second-order valence-corrected chi connectivity index (χ2v) is 6.44. The number of likely N-dealkylation sites (tertiary alicyclic amines) is 1. The first-order chi connectivity index (χ1) is 8.72. The Labute approximate surface area is 108 Å². The Hall–Kier alpha value is -0.930. The molecule has 3 aliphatic rings. The summed E-state index contributed by atoms with van der Waals surface area (Å²) in [5.41, 5.74) is 2.51. The number of aromatic nitrogens is 1. The van der Waals surface area contributed by atoms with E-state index in [9.17, 15) is 5.11 Å². The molecule has 4 rings (SSSR count). The summed E-state index contributed by atoms with van der Waals surface area (Å²) in [5, 5.41) is 10.4. The third kappa shape index (κ3) is 1.47. The molecule has 3 heteroatoms. The number of fused-ring (bicyclic) bond motifs is 1. The number of hydrogen-bond donors (Lipinski definition) is 1. The van der Waals surface area contributed by atoms with Gasteiger partial charge in [0, 0.05) is 31.5 Å². The molecule has 1 saturated heterocycles. The van der Waals surface area contributed by atoms with E-state index in [1.165, 1.54) is 30.5 Å². The standard InChI is InChI=1S/C15H20N2O/c1-9-2-10(6-16-5-9)7-17-8-12-3-11-4-13(12)14(17)15(11)18/h2,5-6,11-15,18H,3-4,7-8H2,1H3. The van der Waals surface area contributed by atoms with E-state index in [1.54, 1.807) is 0 Å². The topological polar surface area (TPSA) is 36.4 Å². The maximum absolute atomic E-state index is 10.4. The van der Waals surface area contributed by atoms with Gasteiger partial charge in [-0.3, -0.25) is 9.88 Å². The van der Waals surface area contributed by atoms with Crippen LogP contribution in [-0.4, -0.2) is 33.7 Å². The van der Waals surface area contributed by atoms with Gasteiger partial charge in [0.05, 0.1) is 6.10 Å². The lowest BCUT2D eigenvalue weighted by Crippen LogP contribution is -2.40. The molecule has 2 bridgehead atoms. The maximum Gasteiger partial charge on any atom is 0.0726 e. The molecule has 96 valence electrons. The van der Waals surface area contributed by atoms with Crippen LogP contribution in [0, 0.1) is 24.7 Å². The van der Waals surface area contributed by atoms with E-state index in [2.05, 4.69) is 22.9 Å². The van der Waals surface area contributed by atoms with E-state index in [1.807, 2.05) is 12.4 Å². The van der Waals surface area contributed by atoms with Gasteiger partial charge in [-0.15, -0.1) is 0 Å². The minimum Gasteiger partial charge on any atom is -0.391 e. The van der Waals surface area contributed by atoms with E-state index in [0.717, 1.165) is 18.4 Å². The lowest BCUT2D eigenvalue weighted by molar-refractivity contribution is 0.0484. The highest BCUT2D eigenvalue weighted by molar-refractivity contribution is 5.18. The second-order valence-electron chi connectivity index (χ2n) is 6.44. The number of aliphatic hydroxyl groups excluding tert-OH is 1. The van der Waals surface area contributed by atoms with Gasteiger partial charge in [-0.05, 0) is 48.6 Å². The summed E-state index contributed by atoms with van der Waals surface area (Å²) in [5.74, 6) is 2.20. The van der Waals surface area contributed by atoms with Gasteiger partial charge in [0.1, 0.15) is 0 Å². The van der Waals surface area contributed by atoms with Gasteiger partial charge in [0.25, 0.3) is 0 Å². The fraction of sp³-hybridized carbons (Fsp3) is 0.667. The summed E-state index contributed by atoms with van der Waals surface area (Å²) in [6.45, 7) is 4.22. The van der Waals surface area contributed by atoms with Gasteiger partial charge >= 0.3 is 0 Å². The van der Waals surface area contributed by atoms with Crippen molar-refractivity contribution < 1.29 is 5.11 Å². The predicted octanol–water partition coefficient (Wildman–Crippen LogP) is 1.59. The van der Waals surface area contributed by atoms with E-state index >= 15 is 0 Å². The molecule has 2 saturated carbocycles. The highest BCUT2D eigenvalue weighted by Crippen LogP contribution is 2.55. The summed E-state index contributed by atoms with van der Waals surface area (Å²) in [4.78, 5) is 6.77. The summed E-state index contributed by atoms with van der Waals surface area (Å²) in [7, 11) is 0. The van der Waals surface area contributed by atoms with E-state index < -0.39 is 0 Å². The third-order valence-corrected chi connectivity index (χ3v) is 5.27. The quantitative estimate of drug-likeness (QED) is 0.858. The molecule has 2 aliphatic carbocycles. The SMILES string of the molecule is Cc1cncc(CN2CC3CC4CC3C2C4O)c1. The number of aryl methyl sites for hydroxylation is 1. The Morgan fingerprint density at radius 2 is 2.22 bits per heavy atom. The van der Waals surface area contributed by atoms with Gasteiger partial charge < -0.3 is 5.11 Å². The molecule has 1 aromatic rings. The number of nitrogens with zero attached hydrogens (tertiary/aromatic N) is 2. The van der Waals surface area contributed by atoms with Crippen LogP contribution in [-0.2, 0) is 6.54 Å². The van der Waals surface area contributed by atoms with Crippen molar-refractivity contribution in [2.75, 3.05) is 6.54 Å². The molecule has 0 spiro atoms. The first kappa shape index (κ1) is 10.9. The predicted molar refractivity (Wildman–Crippen MR) is 68.9 cm³/mol. The molecule has 5 unspecified atom stereocenters.